The van der Waals surface area contributed by atoms with Crippen LogP contribution in [0, 0.1) is 29.6 Å². The highest BCUT2D eigenvalue weighted by molar-refractivity contribution is 5.56. The lowest BCUT2D eigenvalue weighted by Gasteiger charge is -1.97. The quantitative estimate of drug-likeness (QED) is 0.541. The van der Waals surface area contributed by atoms with E-state index in [0.717, 1.165) is 25.7 Å². The van der Waals surface area contributed by atoms with Gasteiger partial charge in [-0.2, -0.15) is 0 Å². The third-order valence-electron chi connectivity index (χ3n) is 3.24. The highest BCUT2D eigenvalue weighted by atomic mass is 16.7. The molecule has 2 aliphatic rings. The summed E-state index contributed by atoms with van der Waals surface area (Å²) in [6, 6.07) is 0. The minimum absolute atomic E-state index is 0.380. The van der Waals surface area contributed by atoms with Crippen molar-refractivity contribution in [2.24, 2.45) is 17.8 Å². The van der Waals surface area contributed by atoms with Gasteiger partial charge in [-0.15, -0.1) is 11.8 Å². The molecule has 2 rings (SSSR count). The maximum Gasteiger partial charge on any atom is 0.505 e. The van der Waals surface area contributed by atoms with Gasteiger partial charge in [0.2, 0.25) is 0 Å². The van der Waals surface area contributed by atoms with Gasteiger partial charge in [0.1, 0.15) is 0 Å². The first-order chi connectivity index (χ1) is 6.79. The summed E-state index contributed by atoms with van der Waals surface area (Å²) in [6.07, 6.45) is 3.01. The lowest BCUT2D eigenvalue weighted by Crippen LogP contribution is -2.04. The maximum atomic E-state index is 10.2. The lowest BCUT2D eigenvalue weighted by atomic mass is 10.1. The number of hydrogen-bond acceptors (Lipinski definition) is 2. The minimum atomic E-state index is -1.15. The summed E-state index contributed by atoms with van der Waals surface area (Å²) >= 11 is 0. The van der Waals surface area contributed by atoms with E-state index in [0.29, 0.717) is 24.4 Å². The third-order valence-corrected chi connectivity index (χ3v) is 3.24. The molecule has 0 aromatic heterocycles. The van der Waals surface area contributed by atoms with Crippen molar-refractivity contribution in [1.29, 1.82) is 0 Å². The van der Waals surface area contributed by atoms with Gasteiger partial charge in [-0.1, -0.05) is 0 Å². The van der Waals surface area contributed by atoms with Gasteiger partial charge in [-0.25, -0.2) is 4.79 Å². The molecule has 0 aliphatic heterocycles. The topological polar surface area (TPSA) is 46.5 Å². The van der Waals surface area contributed by atoms with Gasteiger partial charge in [-0.05, 0) is 30.6 Å². The molecule has 0 amide bonds. The highest BCUT2D eigenvalue weighted by Crippen LogP contribution is 2.52. The Bertz CT molecular complexity index is 269. The van der Waals surface area contributed by atoms with Crippen molar-refractivity contribution < 1.29 is 14.6 Å². The Labute approximate surface area is 83.4 Å². The van der Waals surface area contributed by atoms with Gasteiger partial charge in [0.15, 0.2) is 0 Å². The average molecular weight is 194 g/mol. The van der Waals surface area contributed by atoms with Crippen LogP contribution in [0.3, 0.4) is 0 Å². The van der Waals surface area contributed by atoms with Crippen molar-refractivity contribution >= 4 is 6.16 Å². The van der Waals surface area contributed by atoms with E-state index in [9.17, 15) is 4.79 Å². The summed E-state index contributed by atoms with van der Waals surface area (Å²) in [7, 11) is 0. The SMILES string of the molecule is O=C(O)OCC1C2CCC#CCCC21. The molecule has 0 saturated heterocycles. The zero-order chi connectivity index (χ0) is 9.97. The summed E-state index contributed by atoms with van der Waals surface area (Å²) < 4.78 is 4.62. The number of hydrogen-bond donors (Lipinski definition) is 1. The van der Waals surface area contributed by atoms with Crippen LogP contribution < -0.4 is 0 Å². The van der Waals surface area contributed by atoms with Crippen LogP contribution in [0.1, 0.15) is 25.7 Å². The van der Waals surface area contributed by atoms with Gasteiger partial charge in [0.05, 0.1) is 6.61 Å². The molecule has 14 heavy (non-hydrogen) atoms. The molecule has 3 nitrogen and oxygen atoms in total. The number of carbonyl (C=O) groups is 1. The van der Waals surface area contributed by atoms with Crippen LogP contribution in [0.15, 0.2) is 0 Å². The van der Waals surface area contributed by atoms with E-state index in [4.69, 9.17) is 5.11 Å². The molecule has 2 aliphatic carbocycles. The first-order valence-electron chi connectivity index (χ1n) is 5.10. The van der Waals surface area contributed by atoms with E-state index in [1.54, 1.807) is 0 Å². The number of rotatable bonds is 2. The molecule has 76 valence electrons. The molecule has 0 spiro atoms. The highest BCUT2D eigenvalue weighted by Gasteiger charge is 2.49. The van der Waals surface area contributed by atoms with Crippen LogP contribution >= 0.6 is 0 Å². The molecule has 2 unspecified atom stereocenters. The fourth-order valence-corrected chi connectivity index (χ4v) is 2.45. The zero-order valence-electron chi connectivity index (χ0n) is 8.03. The van der Waals surface area contributed by atoms with Crippen LogP contribution in [0.25, 0.3) is 0 Å². The molecule has 3 heteroatoms. The smallest absolute Gasteiger partial charge is 0.450 e. The largest absolute Gasteiger partial charge is 0.505 e. The summed E-state index contributed by atoms with van der Waals surface area (Å²) in [5, 5.41) is 8.39. The van der Waals surface area contributed by atoms with E-state index in [-0.39, 0.29) is 0 Å². The number of carboxylic acid groups (broad SMARTS) is 1. The lowest BCUT2D eigenvalue weighted by molar-refractivity contribution is 0.0849. The normalized spacial score (nSPS) is 34.1. The number of fused-ring (bicyclic) bond motifs is 1. The summed E-state index contributed by atoms with van der Waals surface area (Å²) in [4.78, 5) is 10.2. The van der Waals surface area contributed by atoms with E-state index in [1.807, 2.05) is 0 Å². The summed E-state index contributed by atoms with van der Waals surface area (Å²) in [5.41, 5.74) is 0. The fourth-order valence-electron chi connectivity index (χ4n) is 2.45. The first-order valence-corrected chi connectivity index (χ1v) is 5.10. The van der Waals surface area contributed by atoms with Crippen LogP contribution in [-0.2, 0) is 4.74 Å². The standard InChI is InChI=1S/C11H14O3/c12-11(13)14-7-10-8-5-3-1-2-4-6-9(8)10/h8-10H,3-7H2,(H,12,13). The molecule has 1 saturated carbocycles. The van der Waals surface area contributed by atoms with Crippen molar-refractivity contribution in [2.45, 2.75) is 25.7 Å². The minimum Gasteiger partial charge on any atom is -0.450 e. The maximum absolute atomic E-state index is 10.2. The van der Waals surface area contributed by atoms with Crippen LogP contribution in [0.4, 0.5) is 4.79 Å². The third kappa shape index (κ3) is 2.01. The molecule has 0 radical (unpaired) electrons. The Morgan fingerprint density at radius 1 is 1.29 bits per heavy atom. The summed E-state index contributed by atoms with van der Waals surface area (Å²) in [5.74, 6) is 8.05. The predicted molar refractivity (Wildman–Crippen MR) is 50.7 cm³/mol. The van der Waals surface area contributed by atoms with Crippen LogP contribution in [-0.4, -0.2) is 17.9 Å². The van der Waals surface area contributed by atoms with E-state index >= 15 is 0 Å². The van der Waals surface area contributed by atoms with Crippen LogP contribution in [0.5, 0.6) is 0 Å². The Morgan fingerprint density at radius 3 is 2.36 bits per heavy atom. The Balaban J connectivity index is 1.79. The first kappa shape index (κ1) is 9.39. The van der Waals surface area contributed by atoms with Crippen molar-refractivity contribution in [3.8, 4) is 11.8 Å². The van der Waals surface area contributed by atoms with E-state index < -0.39 is 6.16 Å². The summed E-state index contributed by atoms with van der Waals surface area (Å²) in [6.45, 7) is 0.380. The van der Waals surface area contributed by atoms with Crippen LogP contribution in [0.2, 0.25) is 0 Å². The Kier molecular flexibility index (Phi) is 2.62. The molecule has 1 fully saturated rings. The molecule has 2 atom stereocenters. The van der Waals surface area contributed by atoms with E-state index in [2.05, 4.69) is 16.6 Å². The monoisotopic (exact) mass is 194 g/mol. The number of ether oxygens (including phenoxy) is 1. The molecule has 0 aromatic carbocycles. The van der Waals surface area contributed by atoms with Gasteiger partial charge in [0.25, 0.3) is 0 Å². The molecule has 0 heterocycles. The van der Waals surface area contributed by atoms with Gasteiger partial charge >= 0.3 is 6.16 Å². The molecular weight excluding hydrogens is 180 g/mol. The molecule has 0 aromatic rings. The fraction of sp³-hybridized carbons (Fsp3) is 0.727. The van der Waals surface area contributed by atoms with Gasteiger partial charge in [0, 0.05) is 12.8 Å². The molecule has 1 N–H and O–H groups in total. The van der Waals surface area contributed by atoms with Crippen molar-refractivity contribution in [3.05, 3.63) is 0 Å². The second-order valence-corrected chi connectivity index (χ2v) is 4.00. The average Bonchev–Trinajstić information content (AvgIpc) is 2.72. The zero-order valence-corrected chi connectivity index (χ0v) is 8.03. The predicted octanol–water partition coefficient (Wildman–Crippen LogP) is 2.12. The van der Waals surface area contributed by atoms with Crippen molar-refractivity contribution in [1.82, 2.24) is 0 Å². The Morgan fingerprint density at radius 2 is 1.86 bits per heavy atom. The van der Waals surface area contributed by atoms with E-state index in [1.165, 1.54) is 0 Å². The molecular formula is C11H14O3. The second-order valence-electron chi connectivity index (χ2n) is 4.00. The van der Waals surface area contributed by atoms with Gasteiger partial charge < -0.3 is 9.84 Å². The Hall–Kier alpha value is -1.17. The second kappa shape index (κ2) is 3.91. The molecule has 0 bridgehead atoms. The van der Waals surface area contributed by atoms with Crippen molar-refractivity contribution in [2.75, 3.05) is 6.61 Å². The van der Waals surface area contributed by atoms with Gasteiger partial charge in [-0.3, -0.25) is 0 Å². The van der Waals surface area contributed by atoms with Crippen molar-refractivity contribution in [3.63, 3.8) is 0 Å².